The van der Waals surface area contributed by atoms with Crippen molar-refractivity contribution in [3.63, 3.8) is 0 Å². The van der Waals surface area contributed by atoms with E-state index in [4.69, 9.17) is 10.5 Å². The monoisotopic (exact) mass is 240 g/mol. The van der Waals surface area contributed by atoms with Crippen LogP contribution in [0.3, 0.4) is 0 Å². The van der Waals surface area contributed by atoms with E-state index in [-0.39, 0.29) is 5.56 Å². The van der Waals surface area contributed by atoms with E-state index in [1.165, 1.54) is 6.07 Å². The molecule has 5 heteroatoms. The third kappa shape index (κ3) is 4.50. The Morgan fingerprint density at radius 1 is 1.53 bits per heavy atom. The second-order valence-electron chi connectivity index (χ2n) is 3.69. The number of carbonyl (C=O) groups excluding carboxylic acids is 1. The number of rotatable bonds is 7. The zero-order valence-corrected chi connectivity index (χ0v) is 9.83. The molecule has 0 saturated carbocycles. The molecule has 1 aromatic carbocycles. The number of ether oxygens (including phenoxy) is 1. The Labute approximate surface area is 100.0 Å². The molecule has 0 heterocycles. The largest absolute Gasteiger partial charge is 0.385 e. The molecule has 4 nitrogen and oxygen atoms in total. The number of amides is 1. The highest BCUT2D eigenvalue weighted by Crippen LogP contribution is 2.09. The van der Waals surface area contributed by atoms with Gasteiger partial charge >= 0.3 is 0 Å². The highest BCUT2D eigenvalue weighted by Gasteiger charge is 2.06. The van der Waals surface area contributed by atoms with Crippen LogP contribution in [0.15, 0.2) is 18.2 Å². The molecular formula is C12H17FN2O2. The Bertz CT molecular complexity index is 383. The predicted octanol–water partition coefficient (Wildman–Crippen LogP) is 1.05. The van der Waals surface area contributed by atoms with Crippen molar-refractivity contribution in [3.8, 4) is 0 Å². The zero-order chi connectivity index (χ0) is 12.7. The van der Waals surface area contributed by atoms with Crippen LogP contribution in [-0.4, -0.2) is 26.2 Å². The first kappa shape index (κ1) is 13.6. The van der Waals surface area contributed by atoms with Gasteiger partial charge in [0.15, 0.2) is 0 Å². The lowest BCUT2D eigenvalue weighted by Crippen LogP contribution is -2.17. The fourth-order valence-electron chi connectivity index (χ4n) is 1.41. The van der Waals surface area contributed by atoms with Crippen LogP contribution in [0.1, 0.15) is 22.3 Å². The highest BCUT2D eigenvalue weighted by atomic mass is 19.1. The van der Waals surface area contributed by atoms with Crippen LogP contribution in [-0.2, 0) is 11.3 Å². The summed E-state index contributed by atoms with van der Waals surface area (Å²) in [5.74, 6) is -1.04. The first-order valence-corrected chi connectivity index (χ1v) is 5.43. The Kier molecular flexibility index (Phi) is 5.59. The molecule has 17 heavy (non-hydrogen) atoms. The number of methoxy groups -OCH3 is 1. The molecule has 94 valence electrons. The maximum atomic E-state index is 13.5. The van der Waals surface area contributed by atoms with Crippen molar-refractivity contribution >= 4 is 5.91 Å². The van der Waals surface area contributed by atoms with Crippen molar-refractivity contribution in [2.45, 2.75) is 13.0 Å². The molecule has 1 amide bonds. The second kappa shape index (κ2) is 6.98. The summed E-state index contributed by atoms with van der Waals surface area (Å²) in [5, 5.41) is 3.09. The zero-order valence-electron chi connectivity index (χ0n) is 9.83. The van der Waals surface area contributed by atoms with E-state index in [1.807, 2.05) is 0 Å². The van der Waals surface area contributed by atoms with Crippen molar-refractivity contribution < 1.29 is 13.9 Å². The molecule has 0 atom stereocenters. The van der Waals surface area contributed by atoms with Gasteiger partial charge < -0.3 is 15.8 Å². The number of halogens is 1. The van der Waals surface area contributed by atoms with Gasteiger partial charge in [0, 0.05) is 31.4 Å². The van der Waals surface area contributed by atoms with Gasteiger partial charge in [0.05, 0.1) is 0 Å². The summed E-state index contributed by atoms with van der Waals surface area (Å²) in [7, 11) is 1.64. The SMILES string of the molecule is COCCCNCc1ccc(C(N)=O)cc1F. The van der Waals surface area contributed by atoms with Gasteiger partial charge in [-0.05, 0) is 25.1 Å². The molecule has 0 aliphatic rings. The molecule has 0 aliphatic heterocycles. The number of hydrogen-bond acceptors (Lipinski definition) is 3. The number of primary amides is 1. The van der Waals surface area contributed by atoms with Crippen LogP contribution >= 0.6 is 0 Å². The van der Waals surface area contributed by atoms with Crippen LogP contribution in [0, 0.1) is 5.82 Å². The first-order chi connectivity index (χ1) is 8.15. The quantitative estimate of drug-likeness (QED) is 0.700. The molecule has 1 aromatic rings. The molecular weight excluding hydrogens is 223 g/mol. The minimum absolute atomic E-state index is 0.186. The van der Waals surface area contributed by atoms with E-state index < -0.39 is 11.7 Å². The molecule has 3 N–H and O–H groups in total. The Hall–Kier alpha value is -1.46. The summed E-state index contributed by atoms with van der Waals surface area (Å²) in [6.07, 6.45) is 0.873. The van der Waals surface area contributed by atoms with Crippen LogP contribution in [0.2, 0.25) is 0 Å². The average molecular weight is 240 g/mol. The first-order valence-electron chi connectivity index (χ1n) is 5.43. The van der Waals surface area contributed by atoms with Crippen LogP contribution in [0.4, 0.5) is 4.39 Å². The molecule has 0 aromatic heterocycles. The Balaban J connectivity index is 2.46. The van der Waals surface area contributed by atoms with Crippen molar-refractivity contribution in [2.75, 3.05) is 20.3 Å². The summed E-state index contributed by atoms with van der Waals surface area (Å²) in [4.78, 5) is 10.8. The Morgan fingerprint density at radius 2 is 2.29 bits per heavy atom. The molecule has 0 aliphatic carbocycles. The molecule has 0 bridgehead atoms. The van der Waals surface area contributed by atoms with E-state index in [0.717, 1.165) is 19.0 Å². The van der Waals surface area contributed by atoms with E-state index in [0.29, 0.717) is 18.7 Å². The molecule has 0 unspecified atom stereocenters. The topological polar surface area (TPSA) is 64.3 Å². The van der Waals surface area contributed by atoms with Crippen molar-refractivity contribution in [2.24, 2.45) is 5.73 Å². The minimum Gasteiger partial charge on any atom is -0.385 e. The van der Waals surface area contributed by atoms with Crippen molar-refractivity contribution in [3.05, 3.63) is 35.1 Å². The molecule has 0 radical (unpaired) electrons. The average Bonchev–Trinajstić information content (AvgIpc) is 2.30. The Morgan fingerprint density at radius 3 is 2.88 bits per heavy atom. The third-order valence-corrected chi connectivity index (χ3v) is 2.36. The third-order valence-electron chi connectivity index (χ3n) is 2.36. The summed E-state index contributed by atoms with van der Waals surface area (Å²) in [6.45, 7) is 1.86. The lowest BCUT2D eigenvalue weighted by molar-refractivity contribution is 0.1000. The fraction of sp³-hybridized carbons (Fsp3) is 0.417. The maximum absolute atomic E-state index is 13.5. The summed E-state index contributed by atoms with van der Waals surface area (Å²) < 4.78 is 18.4. The van der Waals surface area contributed by atoms with Gasteiger partial charge in [0.2, 0.25) is 5.91 Å². The molecule has 1 rings (SSSR count). The number of hydrogen-bond donors (Lipinski definition) is 2. The second-order valence-corrected chi connectivity index (χ2v) is 3.69. The highest BCUT2D eigenvalue weighted by molar-refractivity contribution is 5.92. The normalized spacial score (nSPS) is 10.5. The molecule has 0 fully saturated rings. The summed E-state index contributed by atoms with van der Waals surface area (Å²) >= 11 is 0. The lowest BCUT2D eigenvalue weighted by Gasteiger charge is -2.06. The fourth-order valence-corrected chi connectivity index (χ4v) is 1.41. The van der Waals surface area contributed by atoms with Gasteiger partial charge in [0.25, 0.3) is 0 Å². The summed E-state index contributed by atoms with van der Waals surface area (Å²) in [5.41, 5.74) is 5.76. The minimum atomic E-state index is -0.622. The number of carbonyl (C=O) groups is 1. The van der Waals surface area contributed by atoms with Gasteiger partial charge in [-0.25, -0.2) is 4.39 Å². The van der Waals surface area contributed by atoms with Gasteiger partial charge in [0.1, 0.15) is 5.82 Å². The molecule has 0 spiro atoms. The van der Waals surface area contributed by atoms with Gasteiger partial charge in [-0.1, -0.05) is 6.07 Å². The van der Waals surface area contributed by atoms with Gasteiger partial charge in [-0.3, -0.25) is 4.79 Å². The van der Waals surface area contributed by atoms with Crippen molar-refractivity contribution in [1.29, 1.82) is 0 Å². The van der Waals surface area contributed by atoms with Crippen LogP contribution in [0.25, 0.3) is 0 Å². The van der Waals surface area contributed by atoms with E-state index in [2.05, 4.69) is 5.32 Å². The smallest absolute Gasteiger partial charge is 0.248 e. The van der Waals surface area contributed by atoms with E-state index >= 15 is 0 Å². The van der Waals surface area contributed by atoms with Crippen LogP contribution < -0.4 is 11.1 Å². The lowest BCUT2D eigenvalue weighted by atomic mass is 10.1. The van der Waals surface area contributed by atoms with E-state index in [1.54, 1.807) is 13.2 Å². The van der Waals surface area contributed by atoms with Crippen molar-refractivity contribution in [1.82, 2.24) is 5.32 Å². The maximum Gasteiger partial charge on any atom is 0.248 e. The van der Waals surface area contributed by atoms with Gasteiger partial charge in [-0.15, -0.1) is 0 Å². The number of nitrogens with two attached hydrogens (primary N) is 1. The predicted molar refractivity (Wildman–Crippen MR) is 63.1 cm³/mol. The van der Waals surface area contributed by atoms with Gasteiger partial charge in [-0.2, -0.15) is 0 Å². The standard InChI is InChI=1S/C12H17FN2O2/c1-17-6-2-5-15-8-10-4-3-9(12(14)16)7-11(10)13/h3-4,7,15H,2,5-6,8H2,1H3,(H2,14,16). The number of nitrogens with one attached hydrogen (secondary N) is 1. The van der Waals surface area contributed by atoms with E-state index in [9.17, 15) is 9.18 Å². The summed E-state index contributed by atoms with van der Waals surface area (Å²) in [6, 6.07) is 4.25. The molecule has 0 saturated heterocycles. The number of benzene rings is 1. The van der Waals surface area contributed by atoms with Crippen LogP contribution in [0.5, 0.6) is 0 Å².